The fourth-order valence-electron chi connectivity index (χ4n) is 3.10. The average Bonchev–Trinajstić information content (AvgIpc) is 3.21. The van der Waals surface area contributed by atoms with Crippen molar-refractivity contribution in [2.45, 2.75) is 13.8 Å². The maximum Gasteiger partial charge on any atom is 0.267 e. The normalized spacial score (nSPS) is 11.4. The van der Waals surface area contributed by atoms with E-state index in [9.17, 15) is 14.3 Å². The van der Waals surface area contributed by atoms with E-state index >= 15 is 0 Å². The number of ether oxygens (including phenoxy) is 1. The van der Waals surface area contributed by atoms with Crippen molar-refractivity contribution < 1.29 is 18.8 Å². The zero-order chi connectivity index (χ0) is 21.4. The Morgan fingerprint density at radius 3 is 2.63 bits per heavy atom. The van der Waals surface area contributed by atoms with Crippen molar-refractivity contribution in [3.63, 3.8) is 0 Å². The van der Waals surface area contributed by atoms with E-state index in [1.165, 1.54) is 23.7 Å². The molecule has 4 rings (SSSR count). The highest BCUT2D eigenvalue weighted by Crippen LogP contribution is 2.33. The second kappa shape index (κ2) is 7.62. The molecule has 0 aliphatic carbocycles. The summed E-state index contributed by atoms with van der Waals surface area (Å²) < 4.78 is 25.9. The van der Waals surface area contributed by atoms with Gasteiger partial charge in [0, 0.05) is 18.0 Å². The summed E-state index contributed by atoms with van der Waals surface area (Å²) in [4.78, 5) is 17.0. The topological polar surface area (TPSA) is 90.4 Å². The number of aromatic nitrogens is 3. The number of benzene rings is 2. The van der Waals surface area contributed by atoms with E-state index < -0.39 is 17.1 Å². The minimum Gasteiger partial charge on any atom is -0.506 e. The van der Waals surface area contributed by atoms with Crippen LogP contribution in [0.3, 0.4) is 0 Å². The van der Waals surface area contributed by atoms with Crippen molar-refractivity contribution in [1.29, 1.82) is 0 Å². The highest BCUT2D eigenvalue weighted by Gasteiger charge is 2.22. The lowest BCUT2D eigenvalue weighted by Crippen LogP contribution is -2.19. The highest BCUT2D eigenvalue weighted by atomic mass is 19.1. The molecule has 0 atom stereocenters. The molecule has 7 nitrogen and oxygen atoms in total. The lowest BCUT2D eigenvalue weighted by Gasteiger charge is -2.09. The minimum absolute atomic E-state index is 0.144. The largest absolute Gasteiger partial charge is 0.506 e. The van der Waals surface area contributed by atoms with Gasteiger partial charge >= 0.3 is 0 Å². The second-order valence-corrected chi connectivity index (χ2v) is 7.40. The summed E-state index contributed by atoms with van der Waals surface area (Å²) in [6.45, 7) is 4.74. The van der Waals surface area contributed by atoms with Gasteiger partial charge in [0.15, 0.2) is 0 Å². The summed E-state index contributed by atoms with van der Waals surface area (Å²) in [6.07, 6.45) is 0. The fourth-order valence-corrected chi connectivity index (χ4v) is 3.10. The van der Waals surface area contributed by atoms with Gasteiger partial charge in [0.2, 0.25) is 5.82 Å². The first-order valence-corrected chi connectivity index (χ1v) is 9.43. The Morgan fingerprint density at radius 2 is 1.93 bits per heavy atom. The number of fused-ring (bicyclic) bond motifs is 1. The molecule has 2 aromatic heterocycles. The summed E-state index contributed by atoms with van der Waals surface area (Å²) in [5.74, 6) is 0.304. The van der Waals surface area contributed by atoms with Crippen molar-refractivity contribution >= 4 is 10.9 Å². The van der Waals surface area contributed by atoms with E-state index in [1.807, 2.05) is 0 Å². The van der Waals surface area contributed by atoms with Gasteiger partial charge in [-0.15, -0.1) is 0 Å². The Labute approximate surface area is 171 Å². The molecule has 0 aliphatic heterocycles. The fraction of sp³-hybridized carbons (Fsp3) is 0.227. The first-order chi connectivity index (χ1) is 14.3. The van der Waals surface area contributed by atoms with E-state index in [2.05, 4.69) is 24.0 Å². The van der Waals surface area contributed by atoms with Gasteiger partial charge in [-0.3, -0.25) is 4.79 Å². The van der Waals surface area contributed by atoms with E-state index in [-0.39, 0.29) is 22.7 Å². The predicted octanol–water partition coefficient (Wildman–Crippen LogP) is 4.14. The Kier molecular flexibility index (Phi) is 4.99. The Bertz CT molecular complexity index is 1280. The number of hydrogen-bond donors (Lipinski definition) is 1. The van der Waals surface area contributed by atoms with Crippen LogP contribution in [0.1, 0.15) is 13.8 Å². The molecule has 0 unspecified atom stereocenters. The molecule has 0 saturated carbocycles. The Balaban J connectivity index is 1.72. The zero-order valence-corrected chi connectivity index (χ0v) is 16.7. The van der Waals surface area contributed by atoms with Gasteiger partial charge in [0.1, 0.15) is 22.9 Å². The molecule has 2 aromatic carbocycles. The van der Waals surface area contributed by atoms with Crippen LogP contribution < -0.4 is 10.3 Å². The third kappa shape index (κ3) is 3.52. The third-order valence-electron chi connectivity index (χ3n) is 4.67. The maximum atomic E-state index is 13.7. The van der Waals surface area contributed by atoms with Gasteiger partial charge in [-0.1, -0.05) is 19.0 Å². The number of aryl methyl sites for hydroxylation is 1. The lowest BCUT2D eigenvalue weighted by atomic mass is 10.1. The van der Waals surface area contributed by atoms with Gasteiger partial charge in [-0.25, -0.2) is 4.39 Å². The third-order valence-corrected chi connectivity index (χ3v) is 4.67. The highest BCUT2D eigenvalue weighted by molar-refractivity contribution is 5.91. The molecule has 8 heteroatoms. The lowest BCUT2D eigenvalue weighted by molar-refractivity contribution is 0.271. The summed E-state index contributed by atoms with van der Waals surface area (Å²) in [6, 6.07) is 10.9. The van der Waals surface area contributed by atoms with Crippen molar-refractivity contribution in [2.75, 3.05) is 6.61 Å². The van der Waals surface area contributed by atoms with Gasteiger partial charge in [0.25, 0.3) is 11.4 Å². The SMILES string of the molecule is CC(C)COc1ccc(-c2noc(-c3c(O)c4cc(F)ccc4n(C)c3=O)n2)cc1. The first-order valence-electron chi connectivity index (χ1n) is 9.43. The summed E-state index contributed by atoms with van der Waals surface area (Å²) >= 11 is 0. The number of hydrogen-bond acceptors (Lipinski definition) is 6. The van der Waals surface area contributed by atoms with Crippen molar-refractivity contribution in [3.8, 4) is 34.3 Å². The number of pyridine rings is 1. The van der Waals surface area contributed by atoms with Gasteiger partial charge in [-0.05, 0) is 48.4 Å². The van der Waals surface area contributed by atoms with Crippen molar-refractivity contribution in [1.82, 2.24) is 14.7 Å². The average molecular weight is 409 g/mol. The van der Waals surface area contributed by atoms with Crippen LogP contribution in [0, 0.1) is 11.7 Å². The number of rotatable bonds is 5. The van der Waals surface area contributed by atoms with Gasteiger partial charge < -0.3 is 18.9 Å². The van der Waals surface area contributed by atoms with Crippen LogP contribution in [0.2, 0.25) is 0 Å². The monoisotopic (exact) mass is 409 g/mol. The predicted molar refractivity (Wildman–Crippen MR) is 110 cm³/mol. The van der Waals surface area contributed by atoms with Gasteiger partial charge in [-0.2, -0.15) is 4.98 Å². The molecule has 0 spiro atoms. The first kappa shape index (κ1) is 19.6. The maximum absolute atomic E-state index is 13.7. The van der Waals surface area contributed by atoms with Crippen LogP contribution in [0.25, 0.3) is 33.7 Å². The standard InChI is InChI=1S/C22H20FN3O4/c1-12(2)11-29-15-7-4-13(5-8-15)20-24-21(30-25-20)18-19(27)16-10-14(23)6-9-17(16)26(3)22(18)28/h4-10,12,27H,11H2,1-3H3. The smallest absolute Gasteiger partial charge is 0.267 e. The van der Waals surface area contributed by atoms with Crippen LogP contribution in [0.4, 0.5) is 4.39 Å². The minimum atomic E-state index is -0.534. The molecule has 4 aromatic rings. The number of halogens is 1. The molecular formula is C22H20FN3O4. The van der Waals surface area contributed by atoms with Crippen molar-refractivity contribution in [3.05, 3.63) is 58.6 Å². The second-order valence-electron chi connectivity index (χ2n) is 7.40. The number of aromatic hydroxyl groups is 1. The zero-order valence-electron chi connectivity index (χ0n) is 16.7. The Morgan fingerprint density at radius 1 is 1.20 bits per heavy atom. The molecule has 0 aliphatic rings. The molecule has 2 heterocycles. The molecule has 0 fully saturated rings. The van der Waals surface area contributed by atoms with Crippen LogP contribution in [-0.4, -0.2) is 26.4 Å². The van der Waals surface area contributed by atoms with E-state index in [1.54, 1.807) is 24.3 Å². The summed E-state index contributed by atoms with van der Waals surface area (Å²) in [7, 11) is 1.53. The van der Waals surface area contributed by atoms with Crippen LogP contribution in [0.15, 0.2) is 51.8 Å². The quantitative estimate of drug-likeness (QED) is 0.533. The molecule has 30 heavy (non-hydrogen) atoms. The molecular weight excluding hydrogens is 389 g/mol. The molecule has 0 radical (unpaired) electrons. The molecule has 0 amide bonds. The van der Waals surface area contributed by atoms with Crippen molar-refractivity contribution in [2.24, 2.45) is 13.0 Å². The van der Waals surface area contributed by atoms with Crippen LogP contribution in [-0.2, 0) is 7.05 Å². The summed E-state index contributed by atoms with van der Waals surface area (Å²) in [5, 5.41) is 14.7. The molecule has 154 valence electrons. The van der Waals surface area contributed by atoms with Crippen LogP contribution >= 0.6 is 0 Å². The van der Waals surface area contributed by atoms with E-state index in [0.717, 1.165) is 11.8 Å². The van der Waals surface area contributed by atoms with Gasteiger partial charge in [0.05, 0.1) is 12.1 Å². The summed E-state index contributed by atoms with van der Waals surface area (Å²) in [5.41, 5.74) is 0.342. The van der Waals surface area contributed by atoms with Crippen LogP contribution in [0.5, 0.6) is 11.5 Å². The Hall–Kier alpha value is -3.68. The van der Waals surface area contributed by atoms with E-state index in [0.29, 0.717) is 23.6 Å². The molecule has 1 N–H and O–H groups in total. The number of nitrogens with zero attached hydrogens (tertiary/aromatic N) is 3. The van der Waals surface area contributed by atoms with E-state index in [4.69, 9.17) is 9.26 Å². The molecule has 0 saturated heterocycles. The molecule has 0 bridgehead atoms.